The maximum atomic E-state index is 12.8. The van der Waals surface area contributed by atoms with E-state index in [0.29, 0.717) is 41.5 Å². The van der Waals surface area contributed by atoms with Crippen LogP contribution in [0.4, 0.5) is 5.69 Å². The minimum atomic E-state index is -0.257. The Balaban J connectivity index is 1.12. The van der Waals surface area contributed by atoms with Gasteiger partial charge in [-0.1, -0.05) is 36.4 Å². The van der Waals surface area contributed by atoms with E-state index < -0.39 is 0 Å². The highest BCUT2D eigenvalue weighted by Crippen LogP contribution is 2.22. The van der Waals surface area contributed by atoms with Gasteiger partial charge in [-0.3, -0.25) is 14.6 Å². The van der Waals surface area contributed by atoms with E-state index in [1.165, 1.54) is 0 Å². The van der Waals surface area contributed by atoms with E-state index in [4.69, 9.17) is 9.47 Å². The van der Waals surface area contributed by atoms with E-state index >= 15 is 0 Å². The van der Waals surface area contributed by atoms with Crippen LogP contribution in [-0.4, -0.2) is 22.8 Å². The molecule has 0 unspecified atom stereocenters. The van der Waals surface area contributed by atoms with Gasteiger partial charge in [0.05, 0.1) is 11.9 Å². The van der Waals surface area contributed by atoms with Crippen LogP contribution in [0.25, 0.3) is 0 Å². The Labute approximate surface area is 221 Å². The summed E-state index contributed by atoms with van der Waals surface area (Å²) in [5.41, 5.74) is 4.37. The first kappa shape index (κ1) is 25.0. The van der Waals surface area contributed by atoms with Gasteiger partial charge in [-0.05, 0) is 79.4 Å². The molecule has 0 bridgehead atoms. The third-order valence-electron chi connectivity index (χ3n) is 6.21. The fraction of sp³-hybridized carbons (Fsp3) is 0.194. The number of anilines is 1. The molecule has 5 rings (SSSR count). The van der Waals surface area contributed by atoms with E-state index in [1.54, 1.807) is 42.6 Å². The smallest absolute Gasteiger partial charge is 0.255 e. The Morgan fingerprint density at radius 1 is 0.816 bits per heavy atom. The first-order valence-electron chi connectivity index (χ1n) is 12.6. The van der Waals surface area contributed by atoms with Gasteiger partial charge in [0.2, 0.25) is 0 Å². The van der Waals surface area contributed by atoms with Gasteiger partial charge in [0.15, 0.2) is 0 Å². The summed E-state index contributed by atoms with van der Waals surface area (Å²) in [7, 11) is 0. The molecule has 2 N–H and O–H groups in total. The highest BCUT2D eigenvalue weighted by Gasteiger charge is 2.24. The zero-order valence-corrected chi connectivity index (χ0v) is 21.1. The normalized spacial score (nSPS) is 12.4. The molecule has 1 aromatic heterocycles. The van der Waals surface area contributed by atoms with Gasteiger partial charge in [-0.2, -0.15) is 0 Å². The summed E-state index contributed by atoms with van der Waals surface area (Å²) in [4.78, 5) is 29.6. The highest BCUT2D eigenvalue weighted by atomic mass is 16.5. The van der Waals surface area contributed by atoms with Crippen molar-refractivity contribution in [1.82, 2.24) is 10.3 Å². The molecule has 0 saturated heterocycles. The summed E-state index contributed by atoms with van der Waals surface area (Å²) in [6, 6.07) is 26.2. The number of carbonyl (C=O) groups excluding carboxylic acids is 2. The first-order valence-corrected chi connectivity index (χ1v) is 12.6. The van der Waals surface area contributed by atoms with Gasteiger partial charge in [0.1, 0.15) is 24.7 Å². The molecule has 1 saturated carbocycles. The summed E-state index contributed by atoms with van der Waals surface area (Å²) in [6.45, 7) is 2.67. The van der Waals surface area contributed by atoms with Crippen molar-refractivity contribution in [3.8, 4) is 11.5 Å². The molecule has 0 radical (unpaired) electrons. The number of rotatable bonds is 10. The van der Waals surface area contributed by atoms with Crippen molar-refractivity contribution >= 4 is 17.5 Å². The average molecular weight is 508 g/mol. The van der Waals surface area contributed by atoms with Crippen molar-refractivity contribution in [3.63, 3.8) is 0 Å². The van der Waals surface area contributed by atoms with Crippen LogP contribution in [-0.2, 0) is 13.2 Å². The predicted molar refractivity (Wildman–Crippen MR) is 145 cm³/mol. The summed E-state index contributed by atoms with van der Waals surface area (Å²) < 4.78 is 11.6. The maximum Gasteiger partial charge on any atom is 0.255 e. The number of hydrogen-bond acceptors (Lipinski definition) is 5. The quantitative estimate of drug-likeness (QED) is 0.288. The number of nitrogens with one attached hydrogen (secondary N) is 2. The summed E-state index contributed by atoms with van der Waals surface area (Å²) in [6.07, 6.45) is 3.73. The number of carbonyl (C=O) groups is 2. The van der Waals surface area contributed by atoms with E-state index in [0.717, 1.165) is 29.7 Å². The Kier molecular flexibility index (Phi) is 7.64. The number of aryl methyl sites for hydroxylation is 1. The van der Waals surface area contributed by atoms with Gasteiger partial charge in [-0.25, -0.2) is 0 Å². The van der Waals surface area contributed by atoms with Crippen LogP contribution in [0.3, 0.4) is 0 Å². The molecule has 1 aliphatic rings. The monoisotopic (exact) mass is 507 g/mol. The summed E-state index contributed by atoms with van der Waals surface area (Å²) >= 11 is 0. The van der Waals surface area contributed by atoms with Crippen LogP contribution in [0.15, 0.2) is 91.1 Å². The number of amides is 2. The molecule has 0 atom stereocenters. The molecule has 4 aromatic rings. The van der Waals surface area contributed by atoms with Crippen LogP contribution in [0.5, 0.6) is 11.5 Å². The lowest BCUT2D eigenvalue weighted by molar-refractivity contribution is 0.0949. The van der Waals surface area contributed by atoms with Crippen molar-refractivity contribution in [2.24, 2.45) is 0 Å². The molecule has 1 heterocycles. The van der Waals surface area contributed by atoms with Crippen LogP contribution >= 0.6 is 0 Å². The third kappa shape index (κ3) is 6.76. The Morgan fingerprint density at radius 3 is 2.24 bits per heavy atom. The molecular weight excluding hydrogens is 478 g/mol. The standard InChI is InChI=1S/C31H29N3O4/c1-21-7-8-24(31(36)33-25-11-12-25)17-29(21)34-30(35)23-9-14-27(15-10-23)38-20-26-13-16-28(18-32-26)37-19-22-5-3-2-4-6-22/h2-10,13-18,25H,11-12,19-20H2,1H3,(H,33,36)(H,34,35). The van der Waals surface area contributed by atoms with Crippen LogP contribution < -0.4 is 20.1 Å². The number of benzene rings is 3. The zero-order valence-electron chi connectivity index (χ0n) is 21.1. The fourth-order valence-electron chi connectivity index (χ4n) is 3.77. The molecule has 0 aliphatic heterocycles. The second-order valence-corrected chi connectivity index (χ2v) is 9.30. The second kappa shape index (κ2) is 11.6. The van der Waals surface area contributed by atoms with Crippen molar-refractivity contribution in [3.05, 3.63) is 119 Å². The minimum absolute atomic E-state index is 0.117. The lowest BCUT2D eigenvalue weighted by Crippen LogP contribution is -2.25. The molecule has 38 heavy (non-hydrogen) atoms. The van der Waals surface area contributed by atoms with Gasteiger partial charge < -0.3 is 20.1 Å². The zero-order chi connectivity index (χ0) is 26.3. The maximum absolute atomic E-state index is 12.8. The van der Waals surface area contributed by atoms with E-state index in [-0.39, 0.29) is 17.9 Å². The van der Waals surface area contributed by atoms with Crippen molar-refractivity contribution in [1.29, 1.82) is 0 Å². The van der Waals surface area contributed by atoms with E-state index in [9.17, 15) is 9.59 Å². The fourth-order valence-corrected chi connectivity index (χ4v) is 3.77. The average Bonchev–Trinajstić information content (AvgIpc) is 3.77. The van der Waals surface area contributed by atoms with Gasteiger partial charge in [-0.15, -0.1) is 0 Å². The Morgan fingerprint density at radius 2 is 1.53 bits per heavy atom. The SMILES string of the molecule is Cc1ccc(C(=O)NC2CC2)cc1NC(=O)c1ccc(OCc2ccc(OCc3ccccc3)cn2)cc1. The molecule has 7 nitrogen and oxygen atoms in total. The number of aromatic nitrogens is 1. The van der Waals surface area contributed by atoms with Crippen LogP contribution in [0.1, 0.15) is 50.4 Å². The van der Waals surface area contributed by atoms with Gasteiger partial charge in [0, 0.05) is 22.9 Å². The summed E-state index contributed by atoms with van der Waals surface area (Å²) in [5, 5.41) is 5.88. The largest absolute Gasteiger partial charge is 0.487 e. The Hall–Kier alpha value is -4.65. The highest BCUT2D eigenvalue weighted by molar-refractivity contribution is 6.05. The number of pyridine rings is 1. The molecule has 1 fully saturated rings. The van der Waals surface area contributed by atoms with Crippen LogP contribution in [0.2, 0.25) is 0 Å². The minimum Gasteiger partial charge on any atom is -0.487 e. The molecule has 3 aromatic carbocycles. The number of nitrogens with zero attached hydrogens (tertiary/aromatic N) is 1. The molecular formula is C31H29N3O4. The molecule has 2 amide bonds. The van der Waals surface area contributed by atoms with Crippen molar-refractivity contribution in [2.75, 3.05) is 5.32 Å². The Bertz CT molecular complexity index is 1400. The predicted octanol–water partition coefficient (Wildman–Crippen LogP) is 5.69. The van der Waals surface area contributed by atoms with E-state index in [1.807, 2.05) is 55.5 Å². The second-order valence-electron chi connectivity index (χ2n) is 9.30. The van der Waals surface area contributed by atoms with Gasteiger partial charge >= 0.3 is 0 Å². The number of ether oxygens (including phenoxy) is 2. The van der Waals surface area contributed by atoms with Crippen molar-refractivity contribution in [2.45, 2.75) is 39.0 Å². The molecule has 0 spiro atoms. The van der Waals surface area contributed by atoms with Crippen molar-refractivity contribution < 1.29 is 19.1 Å². The molecule has 192 valence electrons. The van der Waals surface area contributed by atoms with Crippen LogP contribution in [0, 0.1) is 6.92 Å². The van der Waals surface area contributed by atoms with E-state index in [2.05, 4.69) is 15.6 Å². The molecule has 7 heteroatoms. The lowest BCUT2D eigenvalue weighted by Gasteiger charge is -2.12. The lowest BCUT2D eigenvalue weighted by atomic mass is 10.1. The summed E-state index contributed by atoms with van der Waals surface area (Å²) in [5.74, 6) is 0.945. The topological polar surface area (TPSA) is 89.6 Å². The molecule has 1 aliphatic carbocycles. The number of hydrogen-bond donors (Lipinski definition) is 2. The third-order valence-corrected chi connectivity index (χ3v) is 6.21. The first-order chi connectivity index (χ1) is 18.5. The van der Waals surface area contributed by atoms with Gasteiger partial charge in [0.25, 0.3) is 11.8 Å².